The van der Waals surface area contributed by atoms with Gasteiger partial charge in [0.05, 0.1) is 5.02 Å². The SMILES string of the molecule is NC(Cc1cccc(Cl)c1F)C1C2C3CCC(C3)C12. The van der Waals surface area contributed by atoms with Gasteiger partial charge in [-0.3, -0.25) is 0 Å². The third kappa shape index (κ3) is 1.76. The summed E-state index contributed by atoms with van der Waals surface area (Å²) >= 11 is 5.83. The van der Waals surface area contributed by atoms with Crippen molar-refractivity contribution in [3.8, 4) is 0 Å². The Morgan fingerprint density at radius 2 is 1.95 bits per heavy atom. The molecule has 1 aromatic rings. The number of halogens is 2. The maximum atomic E-state index is 13.9. The van der Waals surface area contributed by atoms with E-state index in [-0.39, 0.29) is 16.9 Å². The predicted octanol–water partition coefficient (Wildman–Crippen LogP) is 3.64. The number of hydrogen-bond acceptors (Lipinski definition) is 1. The average Bonchev–Trinajstić information content (AvgIpc) is 2.84. The Morgan fingerprint density at radius 1 is 1.26 bits per heavy atom. The second-order valence-electron chi connectivity index (χ2n) is 6.65. The lowest BCUT2D eigenvalue weighted by Gasteiger charge is -2.16. The van der Waals surface area contributed by atoms with Crippen molar-refractivity contribution in [1.82, 2.24) is 0 Å². The Kier molecular flexibility index (Phi) is 2.69. The van der Waals surface area contributed by atoms with Gasteiger partial charge in [-0.1, -0.05) is 23.7 Å². The monoisotopic (exact) mass is 279 g/mol. The zero-order valence-electron chi connectivity index (χ0n) is 10.9. The van der Waals surface area contributed by atoms with Gasteiger partial charge >= 0.3 is 0 Å². The zero-order valence-corrected chi connectivity index (χ0v) is 11.6. The first-order valence-corrected chi connectivity index (χ1v) is 7.73. The molecule has 1 aromatic carbocycles. The van der Waals surface area contributed by atoms with Crippen LogP contribution in [0.15, 0.2) is 18.2 Å². The molecule has 102 valence electrons. The quantitative estimate of drug-likeness (QED) is 0.898. The maximum absolute atomic E-state index is 13.9. The normalized spacial score (nSPS) is 40.3. The number of nitrogens with two attached hydrogens (primary N) is 1. The molecule has 5 unspecified atom stereocenters. The van der Waals surface area contributed by atoms with Crippen LogP contribution in [0.25, 0.3) is 0 Å². The smallest absolute Gasteiger partial charge is 0.145 e. The minimum Gasteiger partial charge on any atom is -0.327 e. The van der Waals surface area contributed by atoms with Crippen LogP contribution in [0.3, 0.4) is 0 Å². The summed E-state index contributed by atoms with van der Waals surface area (Å²) in [6, 6.07) is 5.32. The fourth-order valence-corrected chi connectivity index (χ4v) is 5.25. The molecule has 0 saturated heterocycles. The van der Waals surface area contributed by atoms with Crippen LogP contribution >= 0.6 is 11.6 Å². The average molecular weight is 280 g/mol. The summed E-state index contributed by atoms with van der Waals surface area (Å²) in [6.07, 6.45) is 4.87. The minimum atomic E-state index is -0.284. The molecular weight excluding hydrogens is 261 g/mol. The fraction of sp³-hybridized carbons (Fsp3) is 0.625. The molecule has 19 heavy (non-hydrogen) atoms. The summed E-state index contributed by atoms with van der Waals surface area (Å²) in [7, 11) is 0. The van der Waals surface area contributed by atoms with Crippen LogP contribution < -0.4 is 5.73 Å². The van der Waals surface area contributed by atoms with Crippen LogP contribution in [0.2, 0.25) is 5.02 Å². The van der Waals surface area contributed by atoms with E-state index in [1.54, 1.807) is 6.07 Å². The van der Waals surface area contributed by atoms with Gasteiger partial charge in [0.1, 0.15) is 5.82 Å². The molecule has 0 amide bonds. The molecule has 3 saturated carbocycles. The lowest BCUT2D eigenvalue weighted by atomic mass is 9.94. The molecule has 1 nitrogen and oxygen atoms in total. The summed E-state index contributed by atoms with van der Waals surface area (Å²) in [6.45, 7) is 0. The molecule has 0 spiro atoms. The van der Waals surface area contributed by atoms with Crippen molar-refractivity contribution in [1.29, 1.82) is 0 Å². The first kappa shape index (κ1) is 12.2. The molecule has 0 heterocycles. The molecule has 3 heteroatoms. The van der Waals surface area contributed by atoms with Crippen molar-refractivity contribution < 1.29 is 4.39 Å². The third-order valence-electron chi connectivity index (χ3n) is 5.78. The van der Waals surface area contributed by atoms with E-state index in [0.717, 1.165) is 23.7 Å². The van der Waals surface area contributed by atoms with E-state index in [0.29, 0.717) is 17.9 Å². The number of hydrogen-bond donors (Lipinski definition) is 1. The van der Waals surface area contributed by atoms with E-state index in [9.17, 15) is 4.39 Å². The van der Waals surface area contributed by atoms with Gasteiger partial charge in [-0.25, -0.2) is 4.39 Å². The molecule has 5 atom stereocenters. The lowest BCUT2D eigenvalue weighted by molar-refractivity contribution is 0.407. The molecule has 2 N–H and O–H groups in total. The molecule has 4 rings (SSSR count). The lowest BCUT2D eigenvalue weighted by Crippen LogP contribution is -2.29. The summed E-state index contributed by atoms with van der Waals surface area (Å²) in [5.41, 5.74) is 7.04. The van der Waals surface area contributed by atoms with Crippen LogP contribution in [0.4, 0.5) is 4.39 Å². The van der Waals surface area contributed by atoms with Gasteiger partial charge in [0, 0.05) is 6.04 Å². The van der Waals surface area contributed by atoms with Crippen molar-refractivity contribution in [2.75, 3.05) is 0 Å². The maximum Gasteiger partial charge on any atom is 0.145 e. The van der Waals surface area contributed by atoms with Gasteiger partial charge < -0.3 is 5.73 Å². The van der Waals surface area contributed by atoms with Crippen molar-refractivity contribution in [3.05, 3.63) is 34.6 Å². The molecule has 0 aromatic heterocycles. The van der Waals surface area contributed by atoms with Gasteiger partial charge in [-0.15, -0.1) is 0 Å². The molecular formula is C16H19ClFN. The highest BCUT2D eigenvalue weighted by Gasteiger charge is 2.66. The van der Waals surface area contributed by atoms with Crippen molar-refractivity contribution in [2.24, 2.45) is 35.3 Å². The summed E-state index contributed by atoms with van der Waals surface area (Å²) in [5, 5.41) is 0.209. The van der Waals surface area contributed by atoms with Crippen molar-refractivity contribution in [2.45, 2.75) is 31.7 Å². The van der Waals surface area contributed by atoms with Crippen LogP contribution in [-0.2, 0) is 6.42 Å². The van der Waals surface area contributed by atoms with Crippen molar-refractivity contribution >= 4 is 11.6 Å². The van der Waals surface area contributed by atoms with Gasteiger partial charge in [-0.2, -0.15) is 0 Å². The van der Waals surface area contributed by atoms with Crippen LogP contribution in [0.1, 0.15) is 24.8 Å². The van der Waals surface area contributed by atoms with E-state index in [1.165, 1.54) is 19.3 Å². The number of rotatable bonds is 3. The Balaban J connectivity index is 1.48. The van der Waals surface area contributed by atoms with E-state index < -0.39 is 0 Å². The summed E-state index contributed by atoms with van der Waals surface area (Å²) in [5.74, 6) is 3.93. The van der Waals surface area contributed by atoms with Gasteiger partial charge in [0.2, 0.25) is 0 Å². The molecule has 0 aliphatic heterocycles. The highest BCUT2D eigenvalue weighted by molar-refractivity contribution is 6.30. The summed E-state index contributed by atoms with van der Waals surface area (Å²) < 4.78 is 13.9. The topological polar surface area (TPSA) is 26.0 Å². The van der Waals surface area contributed by atoms with E-state index >= 15 is 0 Å². The molecule has 3 fully saturated rings. The zero-order chi connectivity index (χ0) is 13.1. The highest BCUT2D eigenvalue weighted by atomic mass is 35.5. The van der Waals surface area contributed by atoms with Crippen molar-refractivity contribution in [3.63, 3.8) is 0 Å². The Bertz CT molecular complexity index is 501. The first-order chi connectivity index (χ1) is 9.16. The highest BCUT2D eigenvalue weighted by Crippen LogP contribution is 2.70. The molecule has 3 aliphatic carbocycles. The summed E-state index contributed by atoms with van der Waals surface area (Å²) in [4.78, 5) is 0. The molecule has 0 radical (unpaired) electrons. The first-order valence-electron chi connectivity index (χ1n) is 7.35. The minimum absolute atomic E-state index is 0.103. The van der Waals surface area contributed by atoms with Gasteiger partial charge in [0.15, 0.2) is 0 Å². The van der Waals surface area contributed by atoms with E-state index in [1.807, 2.05) is 12.1 Å². The second-order valence-corrected chi connectivity index (χ2v) is 7.05. The molecule has 2 bridgehead atoms. The van der Waals surface area contributed by atoms with Crippen LogP contribution in [-0.4, -0.2) is 6.04 Å². The molecule has 3 aliphatic rings. The number of fused-ring (bicyclic) bond motifs is 5. The Labute approximate surface area is 118 Å². The largest absolute Gasteiger partial charge is 0.327 e. The van der Waals surface area contributed by atoms with Crippen LogP contribution in [0.5, 0.6) is 0 Å². The van der Waals surface area contributed by atoms with E-state index in [2.05, 4.69) is 0 Å². The fourth-order valence-electron chi connectivity index (χ4n) is 5.06. The predicted molar refractivity (Wildman–Crippen MR) is 74.4 cm³/mol. The van der Waals surface area contributed by atoms with Gasteiger partial charge in [-0.05, 0) is 66.9 Å². The Hall–Kier alpha value is -0.600. The third-order valence-corrected chi connectivity index (χ3v) is 6.07. The Morgan fingerprint density at radius 3 is 2.63 bits per heavy atom. The van der Waals surface area contributed by atoms with E-state index in [4.69, 9.17) is 17.3 Å². The standard InChI is InChI=1S/C16H19ClFN/c17-11-3-1-2-10(16(11)18)7-12(19)15-13-8-4-5-9(6-8)14(13)15/h1-3,8-9,12-15H,4-7,19H2. The van der Waals surface area contributed by atoms with Gasteiger partial charge in [0.25, 0.3) is 0 Å². The van der Waals surface area contributed by atoms with Crippen LogP contribution in [0, 0.1) is 35.4 Å². The number of benzene rings is 1. The second kappa shape index (κ2) is 4.20.